The fraction of sp³-hybridized carbons (Fsp3) is 0.441. The number of anilines is 1. The summed E-state index contributed by atoms with van der Waals surface area (Å²) in [5.41, 5.74) is 3.52. The summed E-state index contributed by atoms with van der Waals surface area (Å²) in [5, 5.41) is 11.2. The van der Waals surface area contributed by atoms with Gasteiger partial charge in [0.05, 0.1) is 11.5 Å². The Balaban J connectivity index is 0.995. The number of nitro benzene ring substituents is 1. The minimum Gasteiger partial charge on any atom is -0.490 e. The number of nitro groups is 1. The molecule has 0 aromatic heterocycles. The molecule has 44 heavy (non-hydrogen) atoms. The van der Waals surface area contributed by atoms with Gasteiger partial charge in [0, 0.05) is 82.9 Å². The second-order valence-electron chi connectivity index (χ2n) is 11.4. The third-order valence-corrected chi connectivity index (χ3v) is 8.27. The van der Waals surface area contributed by atoms with E-state index in [0.29, 0.717) is 38.5 Å². The Morgan fingerprint density at radius 1 is 0.886 bits per heavy atom. The van der Waals surface area contributed by atoms with E-state index >= 15 is 0 Å². The first-order valence-electron chi connectivity index (χ1n) is 15.5. The molecule has 0 unspecified atom stereocenters. The highest BCUT2D eigenvalue weighted by atomic mass is 16.6. The van der Waals surface area contributed by atoms with E-state index in [4.69, 9.17) is 14.2 Å². The Labute approximate surface area is 259 Å². The molecular weight excluding hydrogens is 560 g/mol. The molecular formula is C34H42N4O6. The number of hydrogen-bond acceptors (Lipinski definition) is 8. The first-order valence-corrected chi connectivity index (χ1v) is 15.5. The van der Waals surface area contributed by atoms with Gasteiger partial charge in [0.1, 0.15) is 24.2 Å². The summed E-state index contributed by atoms with van der Waals surface area (Å²) in [4.78, 5) is 30.4. The van der Waals surface area contributed by atoms with Crippen LogP contribution in [0, 0.1) is 17.0 Å². The molecule has 2 aliphatic heterocycles. The number of likely N-dealkylation sites (tertiary alicyclic amines) is 1. The molecule has 10 nitrogen and oxygen atoms in total. The lowest BCUT2D eigenvalue weighted by atomic mass is 10.1. The second-order valence-corrected chi connectivity index (χ2v) is 11.4. The van der Waals surface area contributed by atoms with Crippen LogP contribution in [0.3, 0.4) is 0 Å². The van der Waals surface area contributed by atoms with E-state index in [-0.39, 0.29) is 23.4 Å². The molecule has 2 heterocycles. The van der Waals surface area contributed by atoms with Gasteiger partial charge in [-0.1, -0.05) is 29.8 Å². The lowest BCUT2D eigenvalue weighted by Crippen LogP contribution is -2.48. The van der Waals surface area contributed by atoms with Gasteiger partial charge in [-0.25, -0.2) is 0 Å². The second kappa shape index (κ2) is 14.9. The molecule has 5 rings (SSSR count). The van der Waals surface area contributed by atoms with E-state index in [2.05, 4.69) is 53.1 Å². The lowest BCUT2D eigenvalue weighted by molar-refractivity contribution is -0.385. The molecule has 3 aromatic carbocycles. The summed E-state index contributed by atoms with van der Waals surface area (Å²) in [6.45, 7) is 10.5. The third-order valence-electron chi connectivity index (χ3n) is 8.27. The molecule has 1 amide bonds. The molecule has 10 heteroatoms. The summed E-state index contributed by atoms with van der Waals surface area (Å²) in [7, 11) is 0. The van der Waals surface area contributed by atoms with Gasteiger partial charge in [-0.05, 0) is 49.7 Å². The number of piperidine rings is 1. The molecule has 0 saturated carbocycles. The lowest BCUT2D eigenvalue weighted by Gasteiger charge is -2.37. The Hall–Kier alpha value is -4.31. The predicted molar refractivity (Wildman–Crippen MR) is 170 cm³/mol. The van der Waals surface area contributed by atoms with Crippen LogP contribution in [0.4, 0.5) is 11.4 Å². The quantitative estimate of drug-likeness (QED) is 0.199. The van der Waals surface area contributed by atoms with Crippen molar-refractivity contribution in [3.8, 4) is 17.2 Å². The van der Waals surface area contributed by atoms with Gasteiger partial charge in [-0.15, -0.1) is 0 Å². The van der Waals surface area contributed by atoms with Crippen LogP contribution in [0.1, 0.15) is 37.3 Å². The van der Waals surface area contributed by atoms with Crippen molar-refractivity contribution in [3.63, 3.8) is 0 Å². The number of hydrogen-bond donors (Lipinski definition) is 0. The maximum Gasteiger partial charge on any atom is 0.311 e. The third kappa shape index (κ3) is 8.41. The summed E-state index contributed by atoms with van der Waals surface area (Å²) in [6.07, 6.45) is 1.91. The minimum absolute atomic E-state index is 0.0446. The van der Waals surface area contributed by atoms with Crippen molar-refractivity contribution in [2.75, 3.05) is 57.3 Å². The Kier molecular flexibility index (Phi) is 10.6. The molecule has 0 spiro atoms. The Morgan fingerprint density at radius 3 is 2.23 bits per heavy atom. The highest BCUT2D eigenvalue weighted by Gasteiger charge is 2.26. The smallest absolute Gasteiger partial charge is 0.311 e. The first-order chi connectivity index (χ1) is 21.4. The first kappa shape index (κ1) is 31.1. The van der Waals surface area contributed by atoms with Crippen LogP contribution >= 0.6 is 0 Å². The monoisotopic (exact) mass is 602 g/mol. The van der Waals surface area contributed by atoms with Crippen LogP contribution in [-0.2, 0) is 11.4 Å². The van der Waals surface area contributed by atoms with E-state index in [9.17, 15) is 14.9 Å². The maximum absolute atomic E-state index is 13.0. The average molecular weight is 603 g/mol. The van der Waals surface area contributed by atoms with E-state index in [1.807, 2.05) is 17.0 Å². The molecule has 234 valence electrons. The zero-order valence-corrected chi connectivity index (χ0v) is 25.7. The largest absolute Gasteiger partial charge is 0.490 e. The highest BCUT2D eigenvalue weighted by molar-refractivity contribution is 5.76. The van der Waals surface area contributed by atoms with Crippen LogP contribution < -0.4 is 19.1 Å². The van der Waals surface area contributed by atoms with Gasteiger partial charge in [-0.2, -0.15) is 0 Å². The van der Waals surface area contributed by atoms with Crippen molar-refractivity contribution >= 4 is 17.3 Å². The van der Waals surface area contributed by atoms with Crippen molar-refractivity contribution in [1.29, 1.82) is 0 Å². The number of aryl methyl sites for hydroxylation is 1. The molecule has 3 aromatic rings. The molecule has 0 atom stereocenters. The number of ether oxygens (including phenoxy) is 3. The van der Waals surface area contributed by atoms with Crippen LogP contribution in [0.15, 0.2) is 66.7 Å². The number of carbonyl (C=O) groups is 1. The van der Waals surface area contributed by atoms with Crippen LogP contribution in [0.5, 0.6) is 17.2 Å². The van der Waals surface area contributed by atoms with E-state index < -0.39 is 4.92 Å². The fourth-order valence-electron chi connectivity index (χ4n) is 5.65. The van der Waals surface area contributed by atoms with Crippen molar-refractivity contribution in [1.82, 2.24) is 9.80 Å². The number of benzene rings is 3. The Bertz CT molecular complexity index is 1380. The molecule has 0 aliphatic carbocycles. The number of carbonyl (C=O) groups excluding carboxylic acids is 1. The van der Waals surface area contributed by atoms with Crippen molar-refractivity contribution in [3.05, 3.63) is 88.0 Å². The maximum atomic E-state index is 13.0. The number of amides is 1. The van der Waals surface area contributed by atoms with E-state index in [1.54, 1.807) is 19.1 Å². The van der Waals surface area contributed by atoms with Crippen LogP contribution in [0.25, 0.3) is 0 Å². The van der Waals surface area contributed by atoms with Crippen molar-refractivity contribution in [2.45, 2.75) is 45.8 Å². The van der Waals surface area contributed by atoms with Gasteiger partial charge < -0.3 is 24.0 Å². The van der Waals surface area contributed by atoms with Crippen LogP contribution in [-0.4, -0.2) is 79.2 Å². The number of nitrogens with zero attached hydrogens (tertiary/aromatic N) is 4. The van der Waals surface area contributed by atoms with Gasteiger partial charge in [-0.3, -0.25) is 19.8 Å². The number of piperazine rings is 1. The molecule has 2 saturated heterocycles. The fourth-order valence-corrected chi connectivity index (χ4v) is 5.65. The van der Waals surface area contributed by atoms with Gasteiger partial charge in [0.15, 0.2) is 0 Å². The zero-order chi connectivity index (χ0) is 30.9. The SMILES string of the molecule is CCOc1cc(OC2CCN(C(=O)CCN3CCN(c4ccc(OCc5ccc(C)cc5)cc4)CC3)CC2)ccc1[N+](=O)[O-]. The van der Waals surface area contributed by atoms with Gasteiger partial charge in [0.25, 0.3) is 0 Å². The summed E-state index contributed by atoms with van der Waals surface area (Å²) >= 11 is 0. The van der Waals surface area contributed by atoms with Crippen molar-refractivity contribution in [2.24, 2.45) is 0 Å². The molecule has 0 N–H and O–H groups in total. The van der Waals surface area contributed by atoms with E-state index in [0.717, 1.165) is 56.9 Å². The summed E-state index contributed by atoms with van der Waals surface area (Å²) in [6, 6.07) is 21.3. The molecule has 0 bridgehead atoms. The Morgan fingerprint density at radius 2 is 1.57 bits per heavy atom. The molecule has 0 radical (unpaired) electrons. The minimum atomic E-state index is -0.457. The average Bonchev–Trinajstić information content (AvgIpc) is 3.04. The standard InChI is InChI=1S/C34H42N4O6/c1-3-42-33-24-31(12-13-32(33)38(40)41)44-30-14-18-37(19-15-30)34(39)16-17-35-20-22-36(23-21-35)28-8-10-29(11-9-28)43-25-27-6-4-26(2)5-7-27/h4-13,24,30H,3,14-23,25H2,1-2H3. The summed E-state index contributed by atoms with van der Waals surface area (Å²) in [5.74, 6) is 1.80. The zero-order valence-electron chi connectivity index (χ0n) is 25.7. The van der Waals surface area contributed by atoms with Gasteiger partial charge in [0.2, 0.25) is 11.7 Å². The van der Waals surface area contributed by atoms with E-state index in [1.165, 1.54) is 17.3 Å². The predicted octanol–water partition coefficient (Wildman–Crippen LogP) is 5.46. The van der Waals surface area contributed by atoms with Gasteiger partial charge >= 0.3 is 5.69 Å². The van der Waals surface area contributed by atoms with Crippen molar-refractivity contribution < 1.29 is 23.9 Å². The summed E-state index contributed by atoms with van der Waals surface area (Å²) < 4.78 is 17.5. The number of rotatable bonds is 12. The normalized spacial score (nSPS) is 16.0. The molecule has 2 fully saturated rings. The topological polar surface area (TPSA) is 97.6 Å². The molecule has 2 aliphatic rings. The van der Waals surface area contributed by atoms with Crippen LogP contribution in [0.2, 0.25) is 0 Å². The highest BCUT2D eigenvalue weighted by Crippen LogP contribution is 2.32.